The fraction of sp³-hybridized carbons (Fsp3) is 0.462. The van der Waals surface area contributed by atoms with E-state index in [1.165, 1.54) is 12.1 Å². The van der Waals surface area contributed by atoms with Crippen molar-refractivity contribution in [2.45, 2.75) is 19.9 Å². The summed E-state index contributed by atoms with van der Waals surface area (Å²) in [6, 6.07) is 2.84. The molecule has 0 saturated carbocycles. The minimum absolute atomic E-state index is 0.0150. The first-order valence-electron chi connectivity index (χ1n) is 6.38. The van der Waals surface area contributed by atoms with Crippen LogP contribution in [0.25, 0.3) is 0 Å². The van der Waals surface area contributed by atoms with Crippen molar-refractivity contribution < 1.29 is 23.9 Å². The summed E-state index contributed by atoms with van der Waals surface area (Å²) in [7, 11) is 0. The first kappa shape index (κ1) is 14.1. The molecule has 1 atom stereocenters. The smallest absolute Gasteiger partial charge is 0.371 e. The molecule has 2 N–H and O–H groups in total. The van der Waals surface area contributed by atoms with Gasteiger partial charge >= 0.3 is 5.97 Å². The molecule has 1 aromatic heterocycles. The number of aromatic carboxylic acids is 1. The topological polar surface area (TPSA) is 99.8 Å². The zero-order valence-corrected chi connectivity index (χ0v) is 11.1. The molecule has 7 nitrogen and oxygen atoms in total. The second kappa shape index (κ2) is 5.77. The van der Waals surface area contributed by atoms with Gasteiger partial charge in [0, 0.05) is 19.5 Å². The van der Waals surface area contributed by atoms with Crippen molar-refractivity contribution >= 4 is 17.8 Å². The van der Waals surface area contributed by atoms with Crippen LogP contribution in [0.5, 0.6) is 0 Å². The van der Waals surface area contributed by atoms with Crippen LogP contribution in [0.3, 0.4) is 0 Å². The number of carboxylic acid groups (broad SMARTS) is 1. The summed E-state index contributed by atoms with van der Waals surface area (Å²) >= 11 is 0. The van der Waals surface area contributed by atoms with Gasteiger partial charge in [0.1, 0.15) is 5.76 Å². The van der Waals surface area contributed by atoms with E-state index in [1.54, 1.807) is 4.90 Å². The molecule has 0 spiro atoms. The molecule has 7 heteroatoms. The first-order chi connectivity index (χ1) is 9.51. The lowest BCUT2D eigenvalue weighted by Gasteiger charge is -2.13. The van der Waals surface area contributed by atoms with Crippen molar-refractivity contribution in [3.05, 3.63) is 23.7 Å². The van der Waals surface area contributed by atoms with Crippen LogP contribution in [-0.2, 0) is 16.1 Å². The van der Waals surface area contributed by atoms with E-state index in [2.05, 4.69) is 5.32 Å². The highest BCUT2D eigenvalue weighted by Crippen LogP contribution is 2.17. The summed E-state index contributed by atoms with van der Waals surface area (Å²) in [5, 5.41) is 11.4. The Morgan fingerprint density at radius 3 is 2.80 bits per heavy atom. The number of hydrogen-bond donors (Lipinski definition) is 2. The fourth-order valence-corrected chi connectivity index (χ4v) is 2.16. The van der Waals surface area contributed by atoms with E-state index in [-0.39, 0.29) is 36.5 Å². The van der Waals surface area contributed by atoms with Crippen LogP contribution in [0.2, 0.25) is 0 Å². The number of carboxylic acids is 1. The van der Waals surface area contributed by atoms with Gasteiger partial charge in [0.25, 0.3) is 0 Å². The summed E-state index contributed by atoms with van der Waals surface area (Å²) in [5.41, 5.74) is 0. The summed E-state index contributed by atoms with van der Waals surface area (Å²) < 4.78 is 5.03. The molecule has 1 fully saturated rings. The molecule has 20 heavy (non-hydrogen) atoms. The lowest BCUT2D eigenvalue weighted by atomic mass is 10.1. The van der Waals surface area contributed by atoms with Crippen molar-refractivity contribution in [2.75, 3.05) is 13.1 Å². The van der Waals surface area contributed by atoms with Gasteiger partial charge in [-0.25, -0.2) is 4.79 Å². The second-order valence-electron chi connectivity index (χ2n) is 4.62. The highest BCUT2D eigenvalue weighted by Gasteiger charge is 2.33. The Hall–Kier alpha value is -2.31. The molecule has 0 aromatic carbocycles. The lowest BCUT2D eigenvalue weighted by Crippen LogP contribution is -2.32. The molecule has 2 heterocycles. The maximum absolute atomic E-state index is 11.9. The van der Waals surface area contributed by atoms with Crippen molar-refractivity contribution in [1.29, 1.82) is 0 Å². The van der Waals surface area contributed by atoms with Crippen LogP contribution in [0.15, 0.2) is 16.5 Å². The Kier molecular flexibility index (Phi) is 4.07. The predicted octanol–water partition coefficient (Wildman–Crippen LogP) is 0.462. The highest BCUT2D eigenvalue weighted by molar-refractivity contribution is 5.89. The quantitative estimate of drug-likeness (QED) is 0.816. The molecule has 1 aliphatic heterocycles. The monoisotopic (exact) mass is 280 g/mol. The molecule has 0 aliphatic carbocycles. The van der Waals surface area contributed by atoms with Gasteiger partial charge in [0.15, 0.2) is 0 Å². The van der Waals surface area contributed by atoms with Gasteiger partial charge in [0.2, 0.25) is 17.6 Å². The minimum atomic E-state index is -1.15. The van der Waals surface area contributed by atoms with Crippen molar-refractivity contribution in [2.24, 2.45) is 5.92 Å². The number of carbonyl (C=O) groups is 3. The molecular weight excluding hydrogens is 264 g/mol. The third-order valence-corrected chi connectivity index (χ3v) is 3.28. The molecule has 1 aromatic rings. The molecule has 2 amide bonds. The Labute approximate surface area is 115 Å². The highest BCUT2D eigenvalue weighted by atomic mass is 16.4. The van der Waals surface area contributed by atoms with E-state index >= 15 is 0 Å². The maximum Gasteiger partial charge on any atom is 0.371 e. The van der Waals surface area contributed by atoms with Crippen molar-refractivity contribution in [3.63, 3.8) is 0 Å². The Balaban J connectivity index is 1.86. The molecule has 1 saturated heterocycles. The lowest BCUT2D eigenvalue weighted by molar-refractivity contribution is -0.128. The van der Waals surface area contributed by atoms with Gasteiger partial charge in [-0.15, -0.1) is 0 Å². The van der Waals surface area contributed by atoms with E-state index in [0.29, 0.717) is 18.8 Å². The van der Waals surface area contributed by atoms with Gasteiger partial charge in [-0.1, -0.05) is 0 Å². The van der Waals surface area contributed by atoms with Gasteiger partial charge in [0.05, 0.1) is 12.5 Å². The Bertz CT molecular complexity index is 537. The normalized spacial score (nSPS) is 18.4. The largest absolute Gasteiger partial charge is 0.475 e. The average molecular weight is 280 g/mol. The molecular formula is C13H16N2O5. The van der Waals surface area contributed by atoms with Gasteiger partial charge in [-0.3, -0.25) is 9.59 Å². The molecule has 108 valence electrons. The van der Waals surface area contributed by atoms with Crippen molar-refractivity contribution in [3.8, 4) is 0 Å². The van der Waals surface area contributed by atoms with E-state index in [1.807, 2.05) is 6.92 Å². The molecule has 0 bridgehead atoms. The standard InChI is InChI=1S/C13H16N2O5/c1-2-15-7-8(5-11(15)16)12(17)14-6-9-3-4-10(20-9)13(18)19/h3-4,8H,2,5-7H2,1H3,(H,14,17)(H,18,19). The van der Waals surface area contributed by atoms with Crippen molar-refractivity contribution in [1.82, 2.24) is 10.2 Å². The SMILES string of the molecule is CCN1CC(C(=O)NCc2ccc(C(=O)O)o2)CC1=O. The van der Waals surface area contributed by atoms with E-state index in [4.69, 9.17) is 9.52 Å². The Morgan fingerprint density at radius 1 is 1.50 bits per heavy atom. The number of likely N-dealkylation sites (tertiary alicyclic amines) is 1. The third-order valence-electron chi connectivity index (χ3n) is 3.28. The van der Waals surface area contributed by atoms with Crippen LogP contribution >= 0.6 is 0 Å². The van der Waals surface area contributed by atoms with Gasteiger partial charge in [-0.05, 0) is 19.1 Å². The molecule has 0 radical (unpaired) electrons. The van der Waals surface area contributed by atoms with E-state index < -0.39 is 5.97 Å². The summed E-state index contributed by atoms with van der Waals surface area (Å²) in [4.78, 5) is 35.7. The molecule has 1 unspecified atom stereocenters. The van der Waals surface area contributed by atoms with E-state index in [0.717, 1.165) is 0 Å². The number of nitrogens with one attached hydrogen (secondary N) is 1. The first-order valence-corrected chi connectivity index (χ1v) is 6.38. The predicted molar refractivity (Wildman–Crippen MR) is 67.9 cm³/mol. The molecule has 2 rings (SSSR count). The molecule has 1 aliphatic rings. The third kappa shape index (κ3) is 2.98. The number of carbonyl (C=O) groups excluding carboxylic acids is 2. The summed E-state index contributed by atoms with van der Waals surface area (Å²) in [6.45, 7) is 3.01. The number of amides is 2. The fourth-order valence-electron chi connectivity index (χ4n) is 2.16. The number of nitrogens with zero attached hydrogens (tertiary/aromatic N) is 1. The summed E-state index contributed by atoms with van der Waals surface area (Å²) in [6.07, 6.45) is 0.220. The van der Waals surface area contributed by atoms with Crippen LogP contribution in [0.4, 0.5) is 0 Å². The summed E-state index contributed by atoms with van der Waals surface area (Å²) in [5.74, 6) is -1.53. The van der Waals surface area contributed by atoms with Crippen LogP contribution in [0, 0.1) is 5.92 Å². The van der Waals surface area contributed by atoms with Crippen LogP contribution in [-0.4, -0.2) is 40.9 Å². The second-order valence-corrected chi connectivity index (χ2v) is 4.62. The zero-order chi connectivity index (χ0) is 14.7. The average Bonchev–Trinajstić information content (AvgIpc) is 3.02. The number of furan rings is 1. The number of hydrogen-bond acceptors (Lipinski definition) is 4. The van der Waals surface area contributed by atoms with Crippen LogP contribution < -0.4 is 5.32 Å². The van der Waals surface area contributed by atoms with Gasteiger partial charge < -0.3 is 19.7 Å². The number of rotatable bonds is 5. The zero-order valence-electron chi connectivity index (χ0n) is 11.1. The van der Waals surface area contributed by atoms with Crippen LogP contribution in [0.1, 0.15) is 29.7 Å². The minimum Gasteiger partial charge on any atom is -0.475 e. The van der Waals surface area contributed by atoms with E-state index in [9.17, 15) is 14.4 Å². The maximum atomic E-state index is 11.9. The van der Waals surface area contributed by atoms with Gasteiger partial charge in [-0.2, -0.15) is 0 Å². The Morgan fingerprint density at radius 2 is 2.25 bits per heavy atom.